The first-order valence-electron chi connectivity index (χ1n) is 8.26. The lowest BCUT2D eigenvalue weighted by atomic mass is 9.93. The van der Waals surface area contributed by atoms with Crippen molar-refractivity contribution in [2.24, 2.45) is 5.92 Å². The molecule has 1 saturated heterocycles. The SMILES string of the molecule is CSc1ncc(C(=O)N2CCCC(C(C)O)C2)n1-c1ccccc1. The van der Waals surface area contributed by atoms with E-state index in [1.54, 1.807) is 13.1 Å². The van der Waals surface area contributed by atoms with Crippen LogP contribution in [0, 0.1) is 5.92 Å². The normalized spacial score (nSPS) is 19.3. The quantitative estimate of drug-likeness (QED) is 0.866. The Kier molecular flexibility index (Phi) is 5.26. The number of amides is 1. The van der Waals surface area contributed by atoms with Gasteiger partial charge < -0.3 is 10.0 Å². The van der Waals surface area contributed by atoms with Crippen molar-refractivity contribution in [3.8, 4) is 5.69 Å². The summed E-state index contributed by atoms with van der Waals surface area (Å²) in [7, 11) is 0. The van der Waals surface area contributed by atoms with Crippen LogP contribution in [0.5, 0.6) is 0 Å². The van der Waals surface area contributed by atoms with Crippen LogP contribution >= 0.6 is 11.8 Å². The molecule has 0 saturated carbocycles. The number of para-hydroxylation sites is 1. The second-order valence-corrected chi connectivity index (χ2v) is 6.97. The molecule has 0 spiro atoms. The fourth-order valence-corrected chi connectivity index (χ4v) is 3.75. The van der Waals surface area contributed by atoms with Crippen LogP contribution in [0.2, 0.25) is 0 Å². The summed E-state index contributed by atoms with van der Waals surface area (Å²) >= 11 is 1.52. The molecule has 3 rings (SSSR count). The minimum Gasteiger partial charge on any atom is -0.393 e. The zero-order valence-electron chi connectivity index (χ0n) is 14.1. The number of aliphatic hydroxyl groups excluding tert-OH is 1. The van der Waals surface area contributed by atoms with Crippen molar-refractivity contribution in [2.75, 3.05) is 19.3 Å². The van der Waals surface area contributed by atoms with Gasteiger partial charge in [0, 0.05) is 24.7 Å². The van der Waals surface area contributed by atoms with Gasteiger partial charge in [0.2, 0.25) is 0 Å². The third-order valence-electron chi connectivity index (χ3n) is 4.57. The minimum atomic E-state index is -0.388. The number of hydrogen-bond donors (Lipinski definition) is 1. The topological polar surface area (TPSA) is 58.4 Å². The second-order valence-electron chi connectivity index (χ2n) is 6.20. The van der Waals surface area contributed by atoms with Crippen LogP contribution in [0.25, 0.3) is 5.69 Å². The molecule has 1 aromatic heterocycles. The van der Waals surface area contributed by atoms with E-state index in [0.29, 0.717) is 12.2 Å². The molecule has 2 heterocycles. The molecule has 2 aromatic rings. The lowest BCUT2D eigenvalue weighted by Crippen LogP contribution is -2.43. The Morgan fingerprint density at radius 2 is 2.12 bits per heavy atom. The van der Waals surface area contributed by atoms with Crippen LogP contribution in [-0.2, 0) is 0 Å². The van der Waals surface area contributed by atoms with Crippen LogP contribution in [0.1, 0.15) is 30.3 Å². The fraction of sp³-hybridized carbons (Fsp3) is 0.444. The van der Waals surface area contributed by atoms with Gasteiger partial charge in [-0.2, -0.15) is 0 Å². The van der Waals surface area contributed by atoms with Crippen LogP contribution in [0.3, 0.4) is 0 Å². The van der Waals surface area contributed by atoms with Gasteiger partial charge in [0.1, 0.15) is 5.69 Å². The first-order chi connectivity index (χ1) is 11.6. The Morgan fingerprint density at radius 1 is 1.38 bits per heavy atom. The summed E-state index contributed by atoms with van der Waals surface area (Å²) in [6.45, 7) is 3.14. The summed E-state index contributed by atoms with van der Waals surface area (Å²) in [5, 5.41) is 10.7. The number of nitrogens with zero attached hydrogens (tertiary/aromatic N) is 3. The molecular formula is C18H23N3O2S. The third-order valence-corrected chi connectivity index (χ3v) is 5.23. The van der Waals surface area contributed by atoms with E-state index < -0.39 is 0 Å². The molecule has 1 aliphatic rings. The average molecular weight is 345 g/mol. The highest BCUT2D eigenvalue weighted by Gasteiger charge is 2.29. The van der Waals surface area contributed by atoms with Gasteiger partial charge in [-0.15, -0.1) is 0 Å². The molecule has 5 nitrogen and oxygen atoms in total. The molecule has 2 unspecified atom stereocenters. The van der Waals surface area contributed by atoms with Crippen LogP contribution in [0.4, 0.5) is 0 Å². The molecule has 24 heavy (non-hydrogen) atoms. The Morgan fingerprint density at radius 3 is 2.79 bits per heavy atom. The number of imidazole rings is 1. The monoisotopic (exact) mass is 345 g/mol. The minimum absolute atomic E-state index is 0.0167. The first-order valence-corrected chi connectivity index (χ1v) is 9.48. The van der Waals surface area contributed by atoms with Gasteiger partial charge in [-0.1, -0.05) is 30.0 Å². The summed E-state index contributed by atoms with van der Waals surface area (Å²) < 4.78 is 1.92. The summed E-state index contributed by atoms with van der Waals surface area (Å²) in [5.74, 6) is 0.132. The summed E-state index contributed by atoms with van der Waals surface area (Å²) in [6, 6.07) is 9.83. The number of aliphatic hydroxyl groups is 1. The number of rotatable bonds is 4. The summed E-state index contributed by atoms with van der Waals surface area (Å²) in [4.78, 5) is 19.3. The van der Waals surface area contributed by atoms with Crippen molar-refractivity contribution in [3.05, 3.63) is 42.2 Å². The third kappa shape index (κ3) is 3.35. The predicted molar refractivity (Wildman–Crippen MR) is 95.7 cm³/mol. The van der Waals surface area contributed by atoms with Crippen molar-refractivity contribution in [1.82, 2.24) is 14.5 Å². The molecule has 128 valence electrons. The Labute approximate surface area is 146 Å². The number of carbonyl (C=O) groups is 1. The van der Waals surface area contributed by atoms with Gasteiger partial charge in [0.25, 0.3) is 5.91 Å². The maximum Gasteiger partial charge on any atom is 0.272 e. The van der Waals surface area contributed by atoms with Gasteiger partial charge in [0.15, 0.2) is 5.16 Å². The fourth-order valence-electron chi connectivity index (χ4n) is 3.21. The standard InChI is InChI=1S/C18H23N3O2S/c1-13(22)14-7-6-10-20(12-14)17(23)16-11-19-18(24-2)21(16)15-8-4-3-5-9-15/h3-5,8-9,11,13-14,22H,6-7,10,12H2,1-2H3. The lowest BCUT2D eigenvalue weighted by molar-refractivity contribution is 0.0459. The molecular weight excluding hydrogens is 322 g/mol. The van der Waals surface area contributed by atoms with Crippen molar-refractivity contribution < 1.29 is 9.90 Å². The van der Waals surface area contributed by atoms with Crippen molar-refractivity contribution >= 4 is 17.7 Å². The largest absolute Gasteiger partial charge is 0.393 e. The van der Waals surface area contributed by atoms with Gasteiger partial charge >= 0.3 is 0 Å². The Bertz CT molecular complexity index is 700. The highest BCUT2D eigenvalue weighted by molar-refractivity contribution is 7.98. The van der Waals surface area contributed by atoms with Crippen LogP contribution < -0.4 is 0 Å². The zero-order chi connectivity index (χ0) is 17.1. The summed E-state index contributed by atoms with van der Waals surface area (Å²) in [5.41, 5.74) is 1.52. The summed E-state index contributed by atoms with van der Waals surface area (Å²) in [6.07, 6.45) is 5.13. The smallest absolute Gasteiger partial charge is 0.272 e. The van der Waals surface area contributed by atoms with Crippen molar-refractivity contribution in [2.45, 2.75) is 31.0 Å². The van der Waals surface area contributed by atoms with Crippen molar-refractivity contribution in [1.29, 1.82) is 0 Å². The number of piperidine rings is 1. The molecule has 0 bridgehead atoms. The highest BCUT2D eigenvalue weighted by atomic mass is 32.2. The molecule has 0 radical (unpaired) electrons. The van der Waals surface area contributed by atoms with E-state index in [2.05, 4.69) is 4.98 Å². The van der Waals surface area contributed by atoms with Crippen LogP contribution in [-0.4, -0.2) is 50.9 Å². The van der Waals surface area contributed by atoms with Gasteiger partial charge in [0.05, 0.1) is 12.3 Å². The van der Waals surface area contributed by atoms with E-state index in [1.165, 1.54) is 11.8 Å². The molecule has 1 aromatic carbocycles. The predicted octanol–water partition coefficient (Wildman–Crippen LogP) is 2.83. The van der Waals surface area contributed by atoms with E-state index in [4.69, 9.17) is 0 Å². The van der Waals surface area contributed by atoms with E-state index in [9.17, 15) is 9.90 Å². The highest BCUT2D eigenvalue weighted by Crippen LogP contribution is 2.25. The maximum absolute atomic E-state index is 13.1. The number of benzene rings is 1. The molecule has 1 aliphatic heterocycles. The van der Waals surface area contributed by atoms with E-state index in [1.807, 2.05) is 46.1 Å². The molecule has 1 N–H and O–H groups in total. The Hall–Kier alpha value is -1.79. The van der Waals surface area contributed by atoms with E-state index in [-0.39, 0.29) is 17.9 Å². The number of aromatic nitrogens is 2. The van der Waals surface area contributed by atoms with E-state index in [0.717, 1.165) is 30.2 Å². The van der Waals surface area contributed by atoms with E-state index >= 15 is 0 Å². The zero-order valence-corrected chi connectivity index (χ0v) is 14.9. The average Bonchev–Trinajstić information content (AvgIpc) is 3.06. The maximum atomic E-state index is 13.1. The van der Waals surface area contributed by atoms with Gasteiger partial charge in [-0.25, -0.2) is 4.98 Å². The molecule has 1 amide bonds. The number of hydrogen-bond acceptors (Lipinski definition) is 4. The molecule has 1 fully saturated rings. The molecule has 6 heteroatoms. The van der Waals surface area contributed by atoms with Gasteiger partial charge in [-0.3, -0.25) is 9.36 Å². The molecule has 2 atom stereocenters. The van der Waals surface area contributed by atoms with Gasteiger partial charge in [-0.05, 0) is 38.2 Å². The molecule has 0 aliphatic carbocycles. The van der Waals surface area contributed by atoms with Crippen LogP contribution in [0.15, 0.2) is 41.7 Å². The second kappa shape index (κ2) is 7.40. The lowest BCUT2D eigenvalue weighted by Gasteiger charge is -2.34. The first kappa shape index (κ1) is 17.0. The number of carbonyl (C=O) groups excluding carboxylic acids is 1. The number of thioether (sulfide) groups is 1. The Balaban J connectivity index is 1.92. The van der Waals surface area contributed by atoms with Crippen molar-refractivity contribution in [3.63, 3.8) is 0 Å². The number of likely N-dealkylation sites (tertiary alicyclic amines) is 1.